The summed E-state index contributed by atoms with van der Waals surface area (Å²) >= 11 is 0. The maximum Gasteiger partial charge on any atom is 0.224 e. The number of hydrogen-bond acceptors (Lipinski definition) is 3. The van der Waals surface area contributed by atoms with Crippen LogP contribution in [0.4, 0.5) is 5.69 Å². The summed E-state index contributed by atoms with van der Waals surface area (Å²) in [5.74, 6) is 1.83. The van der Waals surface area contributed by atoms with E-state index in [2.05, 4.69) is 12.2 Å². The lowest BCUT2D eigenvalue weighted by Crippen LogP contribution is -2.12. The van der Waals surface area contributed by atoms with Gasteiger partial charge in [-0.05, 0) is 55.2 Å². The van der Waals surface area contributed by atoms with Crippen LogP contribution in [0.15, 0.2) is 42.5 Å². The Bertz CT molecular complexity index is 697. The van der Waals surface area contributed by atoms with Crippen LogP contribution in [0.1, 0.15) is 36.8 Å². The zero-order chi connectivity index (χ0) is 17.5. The van der Waals surface area contributed by atoms with Crippen molar-refractivity contribution in [2.45, 2.75) is 32.6 Å². The van der Waals surface area contributed by atoms with Gasteiger partial charge in [0.2, 0.25) is 5.91 Å². The summed E-state index contributed by atoms with van der Waals surface area (Å²) in [7, 11) is 3.30. The van der Waals surface area contributed by atoms with Crippen LogP contribution in [0.3, 0.4) is 0 Å². The third kappa shape index (κ3) is 4.75. The molecule has 0 aliphatic rings. The van der Waals surface area contributed by atoms with E-state index in [1.54, 1.807) is 14.2 Å². The Balaban J connectivity index is 1.97. The molecule has 0 unspecified atom stereocenters. The van der Waals surface area contributed by atoms with E-state index in [0.29, 0.717) is 6.42 Å². The summed E-state index contributed by atoms with van der Waals surface area (Å²) in [6.07, 6.45) is 1.19. The molecular formula is C20H25NO3. The summed E-state index contributed by atoms with van der Waals surface area (Å²) in [6, 6.07) is 13.6. The largest absolute Gasteiger partial charge is 0.497 e. The van der Waals surface area contributed by atoms with Crippen LogP contribution in [0.25, 0.3) is 0 Å². The topological polar surface area (TPSA) is 47.6 Å². The molecule has 0 heterocycles. The van der Waals surface area contributed by atoms with Crippen LogP contribution in [0, 0.1) is 6.92 Å². The molecule has 0 aliphatic heterocycles. The van der Waals surface area contributed by atoms with Crippen LogP contribution in [-0.4, -0.2) is 20.1 Å². The predicted octanol–water partition coefficient (Wildman–Crippen LogP) is 4.53. The fourth-order valence-corrected chi connectivity index (χ4v) is 2.67. The third-order valence-electron chi connectivity index (χ3n) is 4.07. The molecule has 24 heavy (non-hydrogen) atoms. The van der Waals surface area contributed by atoms with Crippen LogP contribution in [0.2, 0.25) is 0 Å². The molecule has 0 saturated carbocycles. The highest BCUT2D eigenvalue weighted by Gasteiger charge is 2.14. The van der Waals surface area contributed by atoms with E-state index in [4.69, 9.17) is 9.47 Å². The molecular weight excluding hydrogens is 302 g/mol. The summed E-state index contributed by atoms with van der Waals surface area (Å²) in [6.45, 7) is 4.10. The molecule has 0 bridgehead atoms. The van der Waals surface area contributed by atoms with E-state index in [9.17, 15) is 4.79 Å². The van der Waals surface area contributed by atoms with Gasteiger partial charge in [-0.25, -0.2) is 0 Å². The van der Waals surface area contributed by atoms with Gasteiger partial charge in [-0.15, -0.1) is 0 Å². The van der Waals surface area contributed by atoms with E-state index in [0.717, 1.165) is 34.7 Å². The number of anilines is 1. The second kappa shape index (κ2) is 8.39. The van der Waals surface area contributed by atoms with E-state index in [-0.39, 0.29) is 11.8 Å². The molecule has 0 saturated heterocycles. The molecule has 1 N–H and O–H groups in total. The SMILES string of the molecule is COc1ccc(OC)c([C@H](C)CCC(=O)Nc2cccc(C)c2)c1. The molecule has 0 radical (unpaired) electrons. The fourth-order valence-electron chi connectivity index (χ4n) is 2.67. The van der Waals surface area contributed by atoms with Gasteiger partial charge in [0, 0.05) is 17.7 Å². The van der Waals surface area contributed by atoms with Gasteiger partial charge in [-0.1, -0.05) is 19.1 Å². The first-order valence-corrected chi connectivity index (χ1v) is 8.12. The van der Waals surface area contributed by atoms with Gasteiger partial charge in [0.15, 0.2) is 0 Å². The Morgan fingerprint density at radius 1 is 1.12 bits per heavy atom. The molecule has 0 aliphatic carbocycles. The van der Waals surface area contributed by atoms with Crippen molar-refractivity contribution in [3.8, 4) is 11.5 Å². The lowest BCUT2D eigenvalue weighted by molar-refractivity contribution is -0.116. The lowest BCUT2D eigenvalue weighted by Gasteiger charge is -2.16. The minimum Gasteiger partial charge on any atom is -0.497 e. The number of amides is 1. The summed E-state index contributed by atoms with van der Waals surface area (Å²) < 4.78 is 10.7. The number of rotatable bonds is 7. The average molecular weight is 327 g/mol. The fraction of sp³-hybridized carbons (Fsp3) is 0.350. The molecule has 2 rings (SSSR count). The molecule has 0 aromatic heterocycles. The van der Waals surface area contributed by atoms with Crippen molar-refractivity contribution in [3.05, 3.63) is 53.6 Å². The molecule has 2 aromatic rings. The van der Waals surface area contributed by atoms with Crippen LogP contribution < -0.4 is 14.8 Å². The number of methoxy groups -OCH3 is 2. The van der Waals surface area contributed by atoms with Crippen molar-refractivity contribution in [2.24, 2.45) is 0 Å². The molecule has 1 amide bonds. The summed E-state index contributed by atoms with van der Waals surface area (Å²) in [5.41, 5.74) is 3.02. The Morgan fingerprint density at radius 2 is 1.92 bits per heavy atom. The number of carbonyl (C=O) groups excluding carboxylic acids is 1. The molecule has 4 nitrogen and oxygen atoms in total. The highest BCUT2D eigenvalue weighted by atomic mass is 16.5. The molecule has 0 spiro atoms. The third-order valence-corrected chi connectivity index (χ3v) is 4.07. The van der Waals surface area contributed by atoms with Gasteiger partial charge < -0.3 is 14.8 Å². The number of hydrogen-bond donors (Lipinski definition) is 1. The Morgan fingerprint density at radius 3 is 2.58 bits per heavy atom. The average Bonchev–Trinajstić information content (AvgIpc) is 2.59. The second-order valence-corrected chi connectivity index (χ2v) is 5.97. The van der Waals surface area contributed by atoms with Crippen molar-refractivity contribution in [2.75, 3.05) is 19.5 Å². The van der Waals surface area contributed by atoms with Crippen molar-refractivity contribution < 1.29 is 14.3 Å². The normalized spacial score (nSPS) is 11.7. The second-order valence-electron chi connectivity index (χ2n) is 5.97. The van der Waals surface area contributed by atoms with Crippen LogP contribution >= 0.6 is 0 Å². The van der Waals surface area contributed by atoms with Gasteiger partial charge in [-0.2, -0.15) is 0 Å². The minimum absolute atomic E-state index is 0.0225. The van der Waals surface area contributed by atoms with Crippen molar-refractivity contribution in [3.63, 3.8) is 0 Å². The van der Waals surface area contributed by atoms with Crippen LogP contribution in [-0.2, 0) is 4.79 Å². The van der Waals surface area contributed by atoms with E-state index in [1.807, 2.05) is 49.4 Å². The maximum atomic E-state index is 12.2. The van der Waals surface area contributed by atoms with Gasteiger partial charge in [0.1, 0.15) is 11.5 Å². The lowest BCUT2D eigenvalue weighted by atomic mass is 9.95. The molecule has 128 valence electrons. The number of ether oxygens (including phenoxy) is 2. The van der Waals surface area contributed by atoms with Gasteiger partial charge in [-0.3, -0.25) is 4.79 Å². The van der Waals surface area contributed by atoms with Crippen LogP contribution in [0.5, 0.6) is 11.5 Å². The molecule has 1 atom stereocenters. The highest BCUT2D eigenvalue weighted by molar-refractivity contribution is 5.90. The van der Waals surface area contributed by atoms with Crippen molar-refractivity contribution >= 4 is 11.6 Å². The van der Waals surface area contributed by atoms with Gasteiger partial charge in [0.25, 0.3) is 0 Å². The molecule has 0 fully saturated rings. The standard InChI is InChI=1S/C20H25NO3/c1-14-6-5-7-16(12-14)21-20(22)11-8-15(2)18-13-17(23-3)9-10-19(18)24-4/h5-7,9-10,12-13,15H,8,11H2,1-4H3,(H,21,22)/t15-/m1/s1. The number of carbonyl (C=O) groups is 1. The smallest absolute Gasteiger partial charge is 0.224 e. The molecule has 4 heteroatoms. The Labute approximate surface area is 143 Å². The molecule has 2 aromatic carbocycles. The highest BCUT2D eigenvalue weighted by Crippen LogP contribution is 2.32. The maximum absolute atomic E-state index is 12.2. The first kappa shape index (κ1) is 17.9. The summed E-state index contributed by atoms with van der Waals surface area (Å²) in [5, 5.41) is 2.95. The van der Waals surface area contributed by atoms with E-state index in [1.165, 1.54) is 0 Å². The predicted molar refractivity (Wildman–Crippen MR) is 97.0 cm³/mol. The summed E-state index contributed by atoms with van der Waals surface area (Å²) in [4.78, 5) is 12.2. The Hall–Kier alpha value is -2.49. The monoisotopic (exact) mass is 327 g/mol. The number of nitrogens with one attached hydrogen (secondary N) is 1. The Kier molecular flexibility index (Phi) is 6.24. The first-order valence-electron chi connectivity index (χ1n) is 8.12. The quantitative estimate of drug-likeness (QED) is 0.812. The van der Waals surface area contributed by atoms with Gasteiger partial charge in [0.05, 0.1) is 14.2 Å². The zero-order valence-corrected chi connectivity index (χ0v) is 14.8. The van der Waals surface area contributed by atoms with Gasteiger partial charge >= 0.3 is 0 Å². The zero-order valence-electron chi connectivity index (χ0n) is 14.8. The van der Waals surface area contributed by atoms with E-state index < -0.39 is 0 Å². The minimum atomic E-state index is 0.0225. The number of benzene rings is 2. The van der Waals surface area contributed by atoms with E-state index >= 15 is 0 Å². The first-order chi connectivity index (χ1) is 11.5. The van der Waals surface area contributed by atoms with Crippen molar-refractivity contribution in [1.82, 2.24) is 0 Å². The van der Waals surface area contributed by atoms with Crippen molar-refractivity contribution in [1.29, 1.82) is 0 Å². The number of aryl methyl sites for hydroxylation is 1.